The summed E-state index contributed by atoms with van der Waals surface area (Å²) in [5.74, 6) is 0.864. The number of aryl methyl sites for hydroxylation is 1. The molecule has 0 spiro atoms. The Hall–Kier alpha value is -3.62. The smallest absolute Gasteiger partial charge is 0.346 e. The fourth-order valence-electron chi connectivity index (χ4n) is 3.31. The third kappa shape index (κ3) is 3.78. The van der Waals surface area contributed by atoms with Crippen molar-refractivity contribution < 1.29 is 9.53 Å². The van der Waals surface area contributed by atoms with Crippen LogP contribution in [0, 0.1) is 0 Å². The summed E-state index contributed by atoms with van der Waals surface area (Å²) < 4.78 is 9.62. The molecule has 1 N–H and O–H groups in total. The lowest BCUT2D eigenvalue weighted by atomic mass is 10.2. The van der Waals surface area contributed by atoms with E-state index in [0.29, 0.717) is 5.82 Å². The van der Waals surface area contributed by atoms with Gasteiger partial charge in [-0.25, -0.2) is 9.48 Å². The Balaban J connectivity index is 1.52. The van der Waals surface area contributed by atoms with Crippen LogP contribution in [-0.4, -0.2) is 38.5 Å². The Kier molecular flexibility index (Phi) is 5.26. The van der Waals surface area contributed by atoms with E-state index in [1.807, 2.05) is 24.3 Å². The van der Waals surface area contributed by atoms with Gasteiger partial charge in [0.1, 0.15) is 11.3 Å². The fraction of sp³-hybridized carbons (Fsp3) is 0.333. The van der Waals surface area contributed by atoms with Gasteiger partial charge in [0.15, 0.2) is 5.82 Å². The normalized spacial score (nSPS) is 13.3. The number of nitrogens with zero attached hydrogens (tertiary/aromatic N) is 4. The average Bonchev–Trinajstić information content (AvgIpc) is 3.54. The number of rotatable bonds is 7. The molecule has 30 heavy (non-hydrogen) atoms. The summed E-state index contributed by atoms with van der Waals surface area (Å²) in [5, 5.41) is 7.20. The van der Waals surface area contributed by atoms with Crippen LogP contribution in [0.4, 0.5) is 0 Å². The van der Waals surface area contributed by atoms with Crippen molar-refractivity contribution in [2.45, 2.75) is 25.4 Å². The van der Waals surface area contributed by atoms with Crippen LogP contribution in [0.15, 0.2) is 52.2 Å². The number of pyridine rings is 1. The highest BCUT2D eigenvalue weighted by molar-refractivity contribution is 5.93. The average molecular weight is 409 g/mol. The zero-order chi connectivity index (χ0) is 21.3. The molecule has 0 radical (unpaired) electrons. The Morgan fingerprint density at radius 1 is 1.20 bits per heavy atom. The molecule has 1 aliphatic rings. The molecule has 3 aromatic rings. The van der Waals surface area contributed by atoms with Gasteiger partial charge in [0, 0.05) is 31.4 Å². The minimum Gasteiger partial charge on any atom is -0.497 e. The molecule has 156 valence electrons. The van der Waals surface area contributed by atoms with Crippen molar-refractivity contribution in [3.8, 4) is 17.1 Å². The standard InChI is InChI=1S/C21H23N5O4/c1-24-12-3-4-17(20(24)28)19(27)22-11-13-25-21(29)26(15-7-8-15)18(23-25)14-5-9-16(30-2)10-6-14/h3-6,9-10,12,15H,7-8,11,13H2,1-2H3,(H,22,27). The topological polar surface area (TPSA) is 100 Å². The van der Waals surface area contributed by atoms with Crippen LogP contribution in [0.2, 0.25) is 0 Å². The van der Waals surface area contributed by atoms with Crippen LogP contribution in [0.25, 0.3) is 11.4 Å². The minimum absolute atomic E-state index is 0.0646. The van der Waals surface area contributed by atoms with Gasteiger partial charge in [-0.2, -0.15) is 0 Å². The van der Waals surface area contributed by atoms with Crippen molar-refractivity contribution in [3.63, 3.8) is 0 Å². The van der Waals surface area contributed by atoms with Gasteiger partial charge >= 0.3 is 5.69 Å². The third-order valence-corrected chi connectivity index (χ3v) is 5.11. The summed E-state index contributed by atoms with van der Waals surface area (Å²) in [6, 6.07) is 10.7. The molecular formula is C21H23N5O4. The lowest BCUT2D eigenvalue weighted by Crippen LogP contribution is -2.35. The van der Waals surface area contributed by atoms with Crippen LogP contribution in [0.5, 0.6) is 5.75 Å². The van der Waals surface area contributed by atoms with Crippen molar-refractivity contribution in [3.05, 3.63) is 69.0 Å². The van der Waals surface area contributed by atoms with Gasteiger partial charge < -0.3 is 14.6 Å². The molecule has 1 amide bonds. The first kappa shape index (κ1) is 19.7. The highest BCUT2D eigenvalue weighted by Gasteiger charge is 2.30. The van der Waals surface area contributed by atoms with Crippen LogP contribution >= 0.6 is 0 Å². The lowest BCUT2D eigenvalue weighted by molar-refractivity contribution is 0.0949. The molecule has 1 aromatic carbocycles. The van der Waals surface area contributed by atoms with Gasteiger partial charge in [0.05, 0.1) is 13.7 Å². The van der Waals surface area contributed by atoms with Gasteiger partial charge in [-0.15, -0.1) is 5.10 Å². The Bertz CT molecular complexity index is 1190. The first-order valence-electron chi connectivity index (χ1n) is 9.77. The maximum absolute atomic E-state index is 12.9. The van der Waals surface area contributed by atoms with Crippen LogP contribution in [0.3, 0.4) is 0 Å². The minimum atomic E-state index is -0.471. The van der Waals surface area contributed by atoms with E-state index in [9.17, 15) is 14.4 Å². The molecule has 1 saturated carbocycles. The number of nitrogens with one attached hydrogen (secondary N) is 1. The van der Waals surface area contributed by atoms with Gasteiger partial charge in [-0.05, 0) is 49.2 Å². The molecule has 0 aliphatic heterocycles. The summed E-state index contributed by atoms with van der Waals surface area (Å²) in [7, 11) is 3.19. The lowest BCUT2D eigenvalue weighted by Gasteiger charge is -2.05. The van der Waals surface area contributed by atoms with Crippen LogP contribution < -0.4 is 21.3 Å². The Labute approximate surface area is 172 Å². The molecule has 9 heteroatoms. The monoisotopic (exact) mass is 409 g/mol. The SMILES string of the molecule is COc1ccc(-c2nn(CCNC(=O)c3cccn(C)c3=O)c(=O)n2C2CC2)cc1. The number of aromatic nitrogens is 4. The summed E-state index contributed by atoms with van der Waals surface area (Å²) in [6.07, 6.45) is 3.48. The number of hydrogen-bond donors (Lipinski definition) is 1. The molecule has 2 heterocycles. The number of hydrogen-bond acceptors (Lipinski definition) is 5. The second-order valence-corrected chi connectivity index (χ2v) is 7.25. The molecule has 9 nitrogen and oxygen atoms in total. The molecule has 0 bridgehead atoms. The number of amides is 1. The number of carbonyl (C=O) groups is 1. The van der Waals surface area contributed by atoms with E-state index in [2.05, 4.69) is 10.4 Å². The fourth-order valence-corrected chi connectivity index (χ4v) is 3.31. The van der Waals surface area contributed by atoms with E-state index in [0.717, 1.165) is 24.2 Å². The van der Waals surface area contributed by atoms with Gasteiger partial charge in [0.2, 0.25) is 0 Å². The highest BCUT2D eigenvalue weighted by atomic mass is 16.5. The molecule has 0 atom stereocenters. The van der Waals surface area contributed by atoms with Crippen molar-refractivity contribution >= 4 is 5.91 Å². The zero-order valence-corrected chi connectivity index (χ0v) is 16.9. The number of ether oxygens (including phenoxy) is 1. The molecule has 4 rings (SSSR count). The highest BCUT2D eigenvalue weighted by Crippen LogP contribution is 2.36. The van der Waals surface area contributed by atoms with E-state index < -0.39 is 5.91 Å². The Morgan fingerprint density at radius 2 is 1.93 bits per heavy atom. The van der Waals surface area contributed by atoms with Gasteiger partial charge in [-0.1, -0.05) is 0 Å². The van der Waals surface area contributed by atoms with Gasteiger partial charge in [-0.3, -0.25) is 14.2 Å². The maximum Gasteiger partial charge on any atom is 0.346 e. The summed E-state index contributed by atoms with van der Waals surface area (Å²) in [6.45, 7) is 0.390. The Morgan fingerprint density at radius 3 is 2.60 bits per heavy atom. The summed E-state index contributed by atoms with van der Waals surface area (Å²) in [4.78, 5) is 37.3. The largest absolute Gasteiger partial charge is 0.497 e. The quantitative estimate of drug-likeness (QED) is 0.632. The van der Waals surface area contributed by atoms with E-state index >= 15 is 0 Å². The maximum atomic E-state index is 12.9. The number of methoxy groups -OCH3 is 1. The van der Waals surface area contributed by atoms with E-state index in [-0.39, 0.29) is 35.9 Å². The first-order valence-corrected chi connectivity index (χ1v) is 9.77. The van der Waals surface area contributed by atoms with E-state index in [4.69, 9.17) is 4.74 Å². The second-order valence-electron chi connectivity index (χ2n) is 7.25. The van der Waals surface area contributed by atoms with Crippen molar-refractivity contribution in [1.82, 2.24) is 24.2 Å². The third-order valence-electron chi connectivity index (χ3n) is 5.11. The van der Waals surface area contributed by atoms with Crippen molar-refractivity contribution in [2.75, 3.05) is 13.7 Å². The summed E-state index contributed by atoms with van der Waals surface area (Å²) in [5.41, 5.74) is 0.324. The number of benzene rings is 1. The van der Waals surface area contributed by atoms with E-state index in [1.165, 1.54) is 15.3 Å². The zero-order valence-electron chi connectivity index (χ0n) is 16.9. The van der Waals surface area contributed by atoms with Crippen LogP contribution in [0.1, 0.15) is 29.2 Å². The van der Waals surface area contributed by atoms with Crippen molar-refractivity contribution in [2.24, 2.45) is 7.05 Å². The van der Waals surface area contributed by atoms with Crippen molar-refractivity contribution in [1.29, 1.82) is 0 Å². The molecule has 0 saturated heterocycles. The molecule has 2 aromatic heterocycles. The van der Waals surface area contributed by atoms with Crippen LogP contribution in [-0.2, 0) is 13.6 Å². The molecule has 1 aliphatic carbocycles. The second kappa shape index (κ2) is 8.02. The molecule has 0 unspecified atom stereocenters. The molecule has 1 fully saturated rings. The summed E-state index contributed by atoms with van der Waals surface area (Å²) >= 11 is 0. The molecular weight excluding hydrogens is 386 g/mol. The predicted molar refractivity (Wildman–Crippen MR) is 111 cm³/mol. The van der Waals surface area contributed by atoms with E-state index in [1.54, 1.807) is 31.0 Å². The first-order chi connectivity index (χ1) is 14.5. The number of carbonyl (C=O) groups excluding carboxylic acids is 1. The predicted octanol–water partition coefficient (Wildman–Crippen LogP) is 1.18. The van der Waals surface area contributed by atoms with Gasteiger partial charge in [0.25, 0.3) is 11.5 Å².